The summed E-state index contributed by atoms with van der Waals surface area (Å²) in [6.45, 7) is -1.04. The number of aromatic hydroxyl groups is 1. The monoisotopic (exact) mass is 656 g/mol. The molecule has 2 aromatic carbocycles. The summed E-state index contributed by atoms with van der Waals surface area (Å²) in [5.41, 5.74) is 4.20. The molecule has 18 heteroatoms. The summed E-state index contributed by atoms with van der Waals surface area (Å²) >= 11 is 0. The molecule has 4 heterocycles. The SMILES string of the molecule is Nc1noc2cc(CC(O)(CNC(=O)c3ccccc3O)[C@H]3OCCN(c4nn(-c5ccnc(C(F)(F)F)n5)cc4F)C3=O)ccc12. The molecule has 5 N–H and O–H groups in total. The number of rotatable bonds is 8. The Morgan fingerprint density at radius 2 is 1.96 bits per heavy atom. The summed E-state index contributed by atoms with van der Waals surface area (Å²) < 4.78 is 66.3. The van der Waals surface area contributed by atoms with Crippen LogP contribution in [0.2, 0.25) is 0 Å². The molecule has 1 fully saturated rings. The molecule has 0 radical (unpaired) electrons. The average molecular weight is 657 g/mol. The van der Waals surface area contributed by atoms with Crippen LogP contribution in [0.15, 0.2) is 65.4 Å². The van der Waals surface area contributed by atoms with Crippen LogP contribution in [0, 0.1) is 5.82 Å². The van der Waals surface area contributed by atoms with Crippen LogP contribution in [0.3, 0.4) is 0 Å². The summed E-state index contributed by atoms with van der Waals surface area (Å²) in [4.78, 5) is 34.3. The number of nitrogen functional groups attached to an aromatic ring is 1. The molecule has 244 valence electrons. The normalized spacial score (nSPS) is 16.7. The lowest BCUT2D eigenvalue weighted by Crippen LogP contribution is -2.63. The van der Waals surface area contributed by atoms with Crippen molar-refractivity contribution in [3.05, 3.63) is 83.7 Å². The van der Waals surface area contributed by atoms with Crippen molar-refractivity contribution in [3.8, 4) is 11.6 Å². The van der Waals surface area contributed by atoms with Crippen LogP contribution in [0.25, 0.3) is 16.8 Å². The van der Waals surface area contributed by atoms with Crippen LogP contribution in [-0.4, -0.2) is 78.3 Å². The molecule has 47 heavy (non-hydrogen) atoms. The minimum atomic E-state index is -4.87. The highest BCUT2D eigenvalue weighted by atomic mass is 19.4. The molecule has 0 bridgehead atoms. The number of nitrogens with two attached hydrogens (primary N) is 1. The third-order valence-electron chi connectivity index (χ3n) is 7.39. The van der Waals surface area contributed by atoms with Gasteiger partial charge in [-0.15, -0.1) is 5.10 Å². The number of morpholine rings is 1. The summed E-state index contributed by atoms with van der Waals surface area (Å²) in [5, 5.41) is 32.9. The number of aliphatic hydroxyl groups is 1. The summed E-state index contributed by atoms with van der Waals surface area (Å²) in [6, 6.07) is 11.5. The lowest BCUT2D eigenvalue weighted by molar-refractivity contribution is -0.157. The molecular weight excluding hydrogens is 632 g/mol. The van der Waals surface area contributed by atoms with E-state index in [2.05, 4.69) is 25.5 Å². The van der Waals surface area contributed by atoms with Gasteiger partial charge >= 0.3 is 6.18 Å². The van der Waals surface area contributed by atoms with E-state index in [9.17, 15) is 33.0 Å². The number of halogens is 4. The second kappa shape index (κ2) is 12.0. The first kappa shape index (κ1) is 31.4. The largest absolute Gasteiger partial charge is 0.507 e. The number of nitrogens with zero attached hydrogens (tertiary/aromatic N) is 6. The highest BCUT2D eigenvalue weighted by Crippen LogP contribution is 2.31. The van der Waals surface area contributed by atoms with Gasteiger partial charge < -0.3 is 30.5 Å². The fourth-order valence-corrected chi connectivity index (χ4v) is 5.14. The lowest BCUT2D eigenvalue weighted by Gasteiger charge is -2.40. The number of alkyl halides is 3. The Hall–Kier alpha value is -5.62. The molecule has 14 nitrogen and oxygen atoms in total. The minimum Gasteiger partial charge on any atom is -0.507 e. The molecule has 1 aliphatic heterocycles. The van der Waals surface area contributed by atoms with E-state index < -0.39 is 59.5 Å². The zero-order valence-corrected chi connectivity index (χ0v) is 24.0. The standard InChI is InChI=1S/C29H24F4N8O6/c30-18-13-41(21-7-8-35-27(37-21)29(31,32)33)38-24(18)40-9-10-46-22(26(40)44)28(45,14-36-25(43)16-3-1-2-4-19(16)42)12-15-5-6-17-20(11-15)47-39-23(17)34/h1-8,11,13,22,42,45H,9-10,12,14H2,(H2,34,39)(H,36,43)/t22-,28?/m0/s1. The Labute approximate surface area is 261 Å². The van der Waals surface area contributed by atoms with Crippen molar-refractivity contribution in [1.29, 1.82) is 0 Å². The maximum Gasteiger partial charge on any atom is 0.451 e. The van der Waals surface area contributed by atoms with Crippen molar-refractivity contribution in [2.45, 2.75) is 24.3 Å². The van der Waals surface area contributed by atoms with Crippen LogP contribution >= 0.6 is 0 Å². The van der Waals surface area contributed by atoms with Gasteiger partial charge in [0.15, 0.2) is 35.0 Å². The van der Waals surface area contributed by atoms with Gasteiger partial charge in [-0.3, -0.25) is 14.5 Å². The summed E-state index contributed by atoms with van der Waals surface area (Å²) in [7, 11) is 0. The number of anilines is 2. The van der Waals surface area contributed by atoms with Gasteiger partial charge in [-0.25, -0.2) is 19.0 Å². The van der Waals surface area contributed by atoms with E-state index in [4.69, 9.17) is 15.0 Å². The lowest BCUT2D eigenvalue weighted by atomic mass is 9.86. The first-order valence-electron chi connectivity index (χ1n) is 13.9. The van der Waals surface area contributed by atoms with Crippen molar-refractivity contribution >= 4 is 34.4 Å². The van der Waals surface area contributed by atoms with Crippen molar-refractivity contribution in [2.75, 3.05) is 30.3 Å². The number of benzene rings is 2. The van der Waals surface area contributed by atoms with Gasteiger partial charge in [-0.05, 0) is 29.8 Å². The van der Waals surface area contributed by atoms with Gasteiger partial charge in [0.05, 0.1) is 36.8 Å². The molecule has 1 unspecified atom stereocenters. The molecule has 0 aliphatic carbocycles. The Morgan fingerprint density at radius 3 is 2.72 bits per heavy atom. The molecule has 1 aliphatic rings. The first-order chi connectivity index (χ1) is 22.3. The predicted octanol–water partition coefficient (Wildman–Crippen LogP) is 2.38. The maximum absolute atomic E-state index is 15.2. The topological polar surface area (TPSA) is 195 Å². The fraction of sp³-hybridized carbons (Fsp3) is 0.241. The van der Waals surface area contributed by atoms with E-state index in [1.807, 2.05) is 0 Å². The zero-order chi connectivity index (χ0) is 33.5. The number of aromatic nitrogens is 5. The molecule has 6 rings (SSSR count). The Balaban J connectivity index is 1.31. The van der Waals surface area contributed by atoms with E-state index in [1.54, 1.807) is 12.1 Å². The Bertz CT molecular complexity index is 1980. The maximum atomic E-state index is 15.2. The second-order valence-electron chi connectivity index (χ2n) is 10.6. The van der Waals surface area contributed by atoms with E-state index in [0.717, 1.165) is 28.0 Å². The van der Waals surface area contributed by atoms with E-state index in [1.165, 1.54) is 30.3 Å². The Morgan fingerprint density at radius 1 is 1.17 bits per heavy atom. The minimum absolute atomic E-state index is 0.100. The zero-order valence-electron chi connectivity index (χ0n) is 24.0. The van der Waals surface area contributed by atoms with E-state index in [-0.39, 0.29) is 42.3 Å². The molecule has 0 spiro atoms. The molecular formula is C29H24F4N8O6. The highest BCUT2D eigenvalue weighted by molar-refractivity contribution is 5.98. The van der Waals surface area contributed by atoms with Crippen LogP contribution in [-0.2, 0) is 22.1 Å². The second-order valence-corrected chi connectivity index (χ2v) is 10.6. The number of para-hydroxylation sites is 1. The quantitative estimate of drug-likeness (QED) is 0.179. The molecule has 0 saturated carbocycles. The molecule has 2 amide bonds. The number of fused-ring (bicyclic) bond motifs is 1. The molecule has 3 aromatic heterocycles. The summed E-state index contributed by atoms with van der Waals surface area (Å²) in [5.74, 6) is -5.44. The van der Waals surface area contributed by atoms with Crippen LogP contribution < -0.4 is 16.0 Å². The number of hydrogen-bond acceptors (Lipinski definition) is 11. The van der Waals surface area contributed by atoms with E-state index >= 15 is 4.39 Å². The molecule has 1 saturated heterocycles. The van der Waals surface area contributed by atoms with Crippen molar-refractivity contribution in [1.82, 2.24) is 30.2 Å². The first-order valence-corrected chi connectivity index (χ1v) is 13.9. The number of hydrogen-bond donors (Lipinski definition) is 4. The summed E-state index contributed by atoms with van der Waals surface area (Å²) in [6.07, 6.45) is -5.33. The Kier molecular flexibility index (Phi) is 7.98. The molecule has 5 aromatic rings. The van der Waals surface area contributed by atoms with Crippen molar-refractivity contribution < 1.29 is 46.6 Å². The van der Waals surface area contributed by atoms with Crippen LogP contribution in [0.5, 0.6) is 5.75 Å². The van der Waals surface area contributed by atoms with Crippen molar-refractivity contribution in [2.24, 2.45) is 0 Å². The predicted molar refractivity (Wildman–Crippen MR) is 154 cm³/mol. The van der Waals surface area contributed by atoms with Gasteiger partial charge in [0.2, 0.25) is 5.82 Å². The number of phenolic OH excluding ortho intramolecular Hbond substituents is 1. The number of carbonyl (C=O) groups excluding carboxylic acids is 2. The van der Waals surface area contributed by atoms with Gasteiger partial charge in [-0.1, -0.05) is 23.4 Å². The van der Waals surface area contributed by atoms with Gasteiger partial charge in [0.1, 0.15) is 11.4 Å². The van der Waals surface area contributed by atoms with Gasteiger partial charge in [0, 0.05) is 18.7 Å². The number of carbonyl (C=O) groups is 2. The molecule has 2 atom stereocenters. The third-order valence-corrected chi connectivity index (χ3v) is 7.39. The number of nitrogens with one attached hydrogen (secondary N) is 1. The van der Waals surface area contributed by atoms with Gasteiger partial charge in [0.25, 0.3) is 11.8 Å². The van der Waals surface area contributed by atoms with Crippen LogP contribution in [0.4, 0.5) is 29.2 Å². The number of ether oxygens (including phenoxy) is 1. The average Bonchev–Trinajstić information content (AvgIpc) is 3.61. The number of amides is 2. The fourth-order valence-electron chi connectivity index (χ4n) is 5.14. The van der Waals surface area contributed by atoms with Crippen LogP contribution in [0.1, 0.15) is 21.7 Å². The smallest absolute Gasteiger partial charge is 0.451 e. The highest BCUT2D eigenvalue weighted by Gasteiger charge is 2.48. The van der Waals surface area contributed by atoms with Crippen molar-refractivity contribution in [3.63, 3.8) is 0 Å². The van der Waals surface area contributed by atoms with E-state index in [0.29, 0.717) is 10.9 Å². The van der Waals surface area contributed by atoms with Gasteiger partial charge in [-0.2, -0.15) is 13.2 Å². The number of phenols is 1. The third kappa shape index (κ3) is 6.15.